The lowest BCUT2D eigenvalue weighted by atomic mass is 10.2. The molecule has 2 rings (SSSR count). The zero-order valence-electron chi connectivity index (χ0n) is 13.0. The van der Waals surface area contributed by atoms with Crippen LogP contribution < -0.4 is 15.0 Å². The predicted molar refractivity (Wildman–Crippen MR) is 84.7 cm³/mol. The summed E-state index contributed by atoms with van der Waals surface area (Å²) in [5, 5.41) is 2.60. The fourth-order valence-corrected chi connectivity index (χ4v) is 2.11. The second-order valence-corrected chi connectivity index (χ2v) is 5.12. The van der Waals surface area contributed by atoms with Crippen molar-refractivity contribution in [3.05, 3.63) is 60.2 Å². The average molecular weight is 338 g/mol. The zero-order chi connectivity index (χ0) is 17.6. The van der Waals surface area contributed by atoms with Gasteiger partial charge in [0.05, 0.1) is 6.54 Å². The Bertz CT molecular complexity index is 675. The summed E-state index contributed by atoms with van der Waals surface area (Å²) in [6.07, 6.45) is -4.77. The van der Waals surface area contributed by atoms with Gasteiger partial charge in [0.1, 0.15) is 5.75 Å². The molecule has 0 radical (unpaired) electrons. The van der Waals surface area contributed by atoms with Gasteiger partial charge in [0, 0.05) is 24.8 Å². The van der Waals surface area contributed by atoms with E-state index < -0.39 is 6.36 Å². The third-order valence-electron chi connectivity index (χ3n) is 3.25. The Morgan fingerprint density at radius 3 is 2.38 bits per heavy atom. The number of carbonyl (C=O) groups excluding carboxylic acids is 1. The first-order valence-electron chi connectivity index (χ1n) is 7.22. The van der Waals surface area contributed by atoms with Crippen LogP contribution >= 0.6 is 0 Å². The minimum Gasteiger partial charge on any atom is -0.405 e. The summed E-state index contributed by atoms with van der Waals surface area (Å²) in [5.74, 6) is -0.620. The normalized spacial score (nSPS) is 11.0. The number of likely N-dealkylation sites (N-methyl/N-ethyl adjacent to an activating group) is 1. The second-order valence-electron chi connectivity index (χ2n) is 5.12. The first-order chi connectivity index (χ1) is 11.3. The van der Waals surface area contributed by atoms with E-state index in [9.17, 15) is 18.0 Å². The van der Waals surface area contributed by atoms with Crippen LogP contribution in [-0.4, -0.2) is 25.9 Å². The molecule has 1 N–H and O–H groups in total. The van der Waals surface area contributed by atoms with Gasteiger partial charge in [-0.15, -0.1) is 13.2 Å². The van der Waals surface area contributed by atoms with Gasteiger partial charge in [-0.1, -0.05) is 36.4 Å². The molecule has 0 unspecified atom stereocenters. The zero-order valence-corrected chi connectivity index (χ0v) is 13.0. The van der Waals surface area contributed by atoms with E-state index in [1.54, 1.807) is 18.0 Å². The number of hydrogen-bond donors (Lipinski definition) is 1. The van der Waals surface area contributed by atoms with Gasteiger partial charge in [0.25, 0.3) is 0 Å². The Morgan fingerprint density at radius 1 is 1.08 bits per heavy atom. The highest BCUT2D eigenvalue weighted by molar-refractivity contribution is 5.81. The van der Waals surface area contributed by atoms with Crippen LogP contribution in [0.5, 0.6) is 5.75 Å². The number of carbonyl (C=O) groups is 1. The van der Waals surface area contributed by atoms with E-state index >= 15 is 0 Å². The van der Waals surface area contributed by atoms with Crippen LogP contribution in [0.25, 0.3) is 0 Å². The van der Waals surface area contributed by atoms with E-state index in [2.05, 4.69) is 10.1 Å². The van der Waals surface area contributed by atoms with Crippen LogP contribution in [0.1, 0.15) is 5.56 Å². The molecule has 0 heterocycles. The monoisotopic (exact) mass is 338 g/mol. The van der Waals surface area contributed by atoms with Gasteiger partial charge in [-0.2, -0.15) is 0 Å². The molecule has 4 nitrogen and oxygen atoms in total. The Hall–Kier alpha value is -2.70. The summed E-state index contributed by atoms with van der Waals surface area (Å²) < 4.78 is 41.0. The third-order valence-corrected chi connectivity index (χ3v) is 3.25. The molecular weight excluding hydrogens is 321 g/mol. The number of hydrogen-bond acceptors (Lipinski definition) is 3. The molecule has 7 heteroatoms. The summed E-state index contributed by atoms with van der Waals surface area (Å²) in [4.78, 5) is 13.7. The molecule has 24 heavy (non-hydrogen) atoms. The number of ether oxygens (including phenoxy) is 1. The third kappa shape index (κ3) is 5.49. The standard InChI is InChI=1S/C17H17F3N2O2/c1-22(14-8-3-2-4-9-14)12-16(23)21-11-13-7-5-6-10-15(13)24-17(18,19)20/h2-10H,11-12H2,1H3,(H,21,23). The molecule has 0 spiro atoms. The maximum Gasteiger partial charge on any atom is 0.573 e. The van der Waals surface area contributed by atoms with Gasteiger partial charge in [-0.25, -0.2) is 0 Å². The lowest BCUT2D eigenvalue weighted by Crippen LogP contribution is -2.35. The molecule has 2 aromatic rings. The Balaban J connectivity index is 1.92. The minimum atomic E-state index is -4.77. The number of rotatable bonds is 6. The number of amides is 1. The van der Waals surface area contributed by atoms with Crippen molar-refractivity contribution in [1.29, 1.82) is 0 Å². The molecule has 0 aromatic heterocycles. The van der Waals surface area contributed by atoms with Gasteiger partial charge in [-0.05, 0) is 18.2 Å². The first-order valence-corrected chi connectivity index (χ1v) is 7.22. The fourth-order valence-electron chi connectivity index (χ4n) is 2.11. The van der Waals surface area contributed by atoms with Crippen LogP contribution in [0.2, 0.25) is 0 Å². The van der Waals surface area contributed by atoms with Crippen molar-refractivity contribution >= 4 is 11.6 Å². The molecule has 0 saturated heterocycles. The van der Waals surface area contributed by atoms with Crippen molar-refractivity contribution in [3.63, 3.8) is 0 Å². The lowest BCUT2D eigenvalue weighted by Gasteiger charge is -2.19. The van der Waals surface area contributed by atoms with E-state index in [0.717, 1.165) is 5.69 Å². The van der Waals surface area contributed by atoms with Crippen molar-refractivity contribution in [2.45, 2.75) is 12.9 Å². The molecule has 1 amide bonds. The number of alkyl halides is 3. The Morgan fingerprint density at radius 2 is 1.71 bits per heavy atom. The molecule has 0 aliphatic rings. The quantitative estimate of drug-likeness (QED) is 0.878. The van der Waals surface area contributed by atoms with Crippen molar-refractivity contribution in [3.8, 4) is 5.75 Å². The molecule has 2 aromatic carbocycles. The highest BCUT2D eigenvalue weighted by atomic mass is 19.4. The topological polar surface area (TPSA) is 41.6 Å². The largest absolute Gasteiger partial charge is 0.573 e. The molecule has 0 atom stereocenters. The molecule has 128 valence electrons. The lowest BCUT2D eigenvalue weighted by molar-refractivity contribution is -0.274. The highest BCUT2D eigenvalue weighted by Crippen LogP contribution is 2.26. The second kappa shape index (κ2) is 7.72. The molecule has 0 bridgehead atoms. The van der Waals surface area contributed by atoms with Gasteiger partial charge in [0.15, 0.2) is 0 Å². The average Bonchev–Trinajstić information content (AvgIpc) is 2.53. The molecule has 0 fully saturated rings. The molecular formula is C17H17F3N2O2. The van der Waals surface area contributed by atoms with E-state index in [-0.39, 0.29) is 30.3 Å². The number of anilines is 1. The summed E-state index contributed by atoms with van der Waals surface area (Å²) in [5.41, 5.74) is 1.12. The van der Waals surface area contributed by atoms with E-state index in [1.165, 1.54) is 18.2 Å². The van der Waals surface area contributed by atoms with E-state index in [0.29, 0.717) is 0 Å². The van der Waals surface area contributed by atoms with Crippen LogP contribution in [0.15, 0.2) is 54.6 Å². The number of nitrogens with zero attached hydrogens (tertiary/aromatic N) is 1. The van der Waals surface area contributed by atoms with Crippen molar-refractivity contribution < 1.29 is 22.7 Å². The fraction of sp³-hybridized carbons (Fsp3) is 0.235. The summed E-state index contributed by atoms with van der Waals surface area (Å²) >= 11 is 0. The van der Waals surface area contributed by atoms with Crippen molar-refractivity contribution in [2.24, 2.45) is 0 Å². The van der Waals surface area contributed by atoms with Crippen molar-refractivity contribution in [2.75, 3.05) is 18.5 Å². The molecule has 0 aliphatic heterocycles. The summed E-state index contributed by atoms with van der Waals surface area (Å²) in [7, 11) is 1.76. The smallest absolute Gasteiger partial charge is 0.405 e. The molecule has 0 saturated carbocycles. The summed E-state index contributed by atoms with van der Waals surface area (Å²) in [6.45, 7) is 0.0417. The Kier molecular flexibility index (Phi) is 5.68. The van der Waals surface area contributed by atoms with Gasteiger partial charge in [-0.3, -0.25) is 4.79 Å². The van der Waals surface area contributed by atoms with Crippen LogP contribution in [0.4, 0.5) is 18.9 Å². The number of halogens is 3. The number of para-hydroxylation sites is 2. The number of nitrogens with one attached hydrogen (secondary N) is 1. The van der Waals surface area contributed by atoms with Gasteiger partial charge < -0.3 is 15.0 Å². The van der Waals surface area contributed by atoms with Gasteiger partial charge >= 0.3 is 6.36 Å². The van der Waals surface area contributed by atoms with Crippen molar-refractivity contribution in [1.82, 2.24) is 5.32 Å². The van der Waals surface area contributed by atoms with E-state index in [4.69, 9.17) is 0 Å². The van der Waals surface area contributed by atoms with Crippen LogP contribution in [-0.2, 0) is 11.3 Å². The Labute approximate surface area is 137 Å². The summed E-state index contributed by atoms with van der Waals surface area (Å²) in [6, 6.07) is 15.0. The first kappa shape index (κ1) is 17.7. The maximum absolute atomic E-state index is 12.4. The van der Waals surface area contributed by atoms with E-state index in [1.807, 2.05) is 30.3 Å². The van der Waals surface area contributed by atoms with Crippen LogP contribution in [0, 0.1) is 0 Å². The number of benzene rings is 2. The van der Waals surface area contributed by atoms with Crippen LogP contribution in [0.3, 0.4) is 0 Å². The molecule has 0 aliphatic carbocycles. The SMILES string of the molecule is CN(CC(=O)NCc1ccccc1OC(F)(F)F)c1ccccc1. The minimum absolute atomic E-state index is 0.0479. The van der Waals surface area contributed by atoms with Gasteiger partial charge in [0.2, 0.25) is 5.91 Å². The maximum atomic E-state index is 12.4. The predicted octanol–water partition coefficient (Wildman–Crippen LogP) is 3.34. The highest BCUT2D eigenvalue weighted by Gasteiger charge is 2.31.